The highest BCUT2D eigenvalue weighted by Crippen LogP contribution is 2.37. The molecule has 9 heteroatoms. The number of non-ortho nitro benzene ring substituents is 1. The normalized spacial score (nSPS) is 11.4. The Balaban J connectivity index is 1.47. The SMILES string of the molecule is O=C(Nc1ccc(SC(C(=O)Nc2ccccc2F)c2ccccc2)cc1)c1ccc([N+](=O)[O-])cc1. The Labute approximate surface area is 210 Å². The fourth-order valence-electron chi connectivity index (χ4n) is 3.35. The second-order valence-electron chi connectivity index (χ2n) is 7.66. The van der Waals surface area contributed by atoms with Gasteiger partial charge in [0.15, 0.2) is 0 Å². The third kappa shape index (κ3) is 6.13. The van der Waals surface area contributed by atoms with E-state index in [9.17, 15) is 24.1 Å². The zero-order valence-corrected chi connectivity index (χ0v) is 19.6. The van der Waals surface area contributed by atoms with E-state index in [4.69, 9.17) is 0 Å². The van der Waals surface area contributed by atoms with Gasteiger partial charge in [-0.05, 0) is 54.1 Å². The molecule has 0 bridgehead atoms. The molecule has 0 aliphatic heterocycles. The predicted molar refractivity (Wildman–Crippen MR) is 138 cm³/mol. The average Bonchev–Trinajstić information content (AvgIpc) is 2.90. The molecular formula is C27H20FN3O4S. The van der Waals surface area contributed by atoms with E-state index >= 15 is 0 Å². The van der Waals surface area contributed by atoms with Crippen LogP contribution in [0.5, 0.6) is 0 Å². The smallest absolute Gasteiger partial charge is 0.269 e. The van der Waals surface area contributed by atoms with Crippen molar-refractivity contribution in [2.75, 3.05) is 10.6 Å². The molecule has 0 aliphatic rings. The number of anilines is 2. The highest BCUT2D eigenvalue weighted by atomic mass is 32.2. The van der Waals surface area contributed by atoms with Gasteiger partial charge >= 0.3 is 0 Å². The van der Waals surface area contributed by atoms with E-state index in [0.29, 0.717) is 5.69 Å². The van der Waals surface area contributed by atoms with Gasteiger partial charge in [0.05, 0.1) is 10.6 Å². The lowest BCUT2D eigenvalue weighted by Crippen LogP contribution is -2.19. The van der Waals surface area contributed by atoms with Crippen molar-refractivity contribution in [2.45, 2.75) is 10.1 Å². The van der Waals surface area contributed by atoms with Crippen molar-refractivity contribution in [1.29, 1.82) is 0 Å². The van der Waals surface area contributed by atoms with Gasteiger partial charge in [0, 0.05) is 28.3 Å². The molecule has 0 aromatic heterocycles. The van der Waals surface area contributed by atoms with Crippen LogP contribution >= 0.6 is 11.8 Å². The molecule has 2 amide bonds. The molecule has 4 aromatic carbocycles. The van der Waals surface area contributed by atoms with Crippen molar-refractivity contribution < 1.29 is 18.9 Å². The summed E-state index contributed by atoms with van der Waals surface area (Å²) in [5.74, 6) is -1.29. The van der Waals surface area contributed by atoms with E-state index in [1.807, 2.05) is 30.3 Å². The topological polar surface area (TPSA) is 101 Å². The first kappa shape index (κ1) is 24.6. The number of nitro benzene ring substituents is 1. The maximum atomic E-state index is 14.1. The molecule has 4 rings (SSSR count). The monoisotopic (exact) mass is 501 g/mol. The Bertz CT molecular complexity index is 1380. The van der Waals surface area contributed by atoms with Crippen molar-refractivity contribution in [1.82, 2.24) is 0 Å². The number of nitrogens with zero attached hydrogens (tertiary/aromatic N) is 1. The molecule has 0 spiro atoms. The number of hydrogen-bond donors (Lipinski definition) is 2. The zero-order valence-electron chi connectivity index (χ0n) is 18.8. The number of nitro groups is 1. The fourth-order valence-corrected chi connectivity index (χ4v) is 4.38. The summed E-state index contributed by atoms with van der Waals surface area (Å²) in [5, 5.41) is 15.5. The summed E-state index contributed by atoms with van der Waals surface area (Å²) in [6.45, 7) is 0. The van der Waals surface area contributed by atoms with Gasteiger partial charge < -0.3 is 10.6 Å². The van der Waals surface area contributed by atoms with E-state index in [2.05, 4.69) is 10.6 Å². The van der Waals surface area contributed by atoms with Crippen LogP contribution in [0.4, 0.5) is 21.5 Å². The van der Waals surface area contributed by atoms with E-state index in [1.165, 1.54) is 48.2 Å². The molecule has 2 N–H and O–H groups in total. The van der Waals surface area contributed by atoms with Crippen molar-refractivity contribution in [3.63, 3.8) is 0 Å². The van der Waals surface area contributed by atoms with Crippen molar-refractivity contribution in [3.8, 4) is 0 Å². The number of carbonyl (C=O) groups is 2. The molecule has 1 unspecified atom stereocenters. The molecule has 180 valence electrons. The molecule has 1 atom stereocenters. The van der Waals surface area contributed by atoms with E-state index in [1.54, 1.807) is 36.4 Å². The summed E-state index contributed by atoms with van der Waals surface area (Å²) in [6, 6.07) is 27.4. The summed E-state index contributed by atoms with van der Waals surface area (Å²) in [6.07, 6.45) is 0. The molecule has 36 heavy (non-hydrogen) atoms. The minimum atomic E-state index is -0.647. The Morgan fingerprint density at radius 1 is 0.806 bits per heavy atom. The number of amides is 2. The van der Waals surface area contributed by atoms with Crippen LogP contribution in [-0.4, -0.2) is 16.7 Å². The molecule has 7 nitrogen and oxygen atoms in total. The Morgan fingerprint density at radius 2 is 1.44 bits per heavy atom. The van der Waals surface area contributed by atoms with E-state index in [0.717, 1.165) is 10.5 Å². The summed E-state index contributed by atoms with van der Waals surface area (Å²) >= 11 is 1.29. The van der Waals surface area contributed by atoms with Crippen LogP contribution in [0, 0.1) is 15.9 Å². The van der Waals surface area contributed by atoms with Crippen molar-refractivity contribution >= 4 is 40.6 Å². The molecule has 0 radical (unpaired) electrons. The maximum absolute atomic E-state index is 14.1. The maximum Gasteiger partial charge on any atom is 0.269 e. The van der Waals surface area contributed by atoms with Gasteiger partial charge in [0.2, 0.25) is 5.91 Å². The first-order valence-corrected chi connectivity index (χ1v) is 11.7. The molecule has 0 saturated carbocycles. The van der Waals surface area contributed by atoms with Crippen LogP contribution in [0.2, 0.25) is 0 Å². The lowest BCUT2D eigenvalue weighted by molar-refractivity contribution is -0.384. The largest absolute Gasteiger partial charge is 0.322 e. The number of nitrogens with one attached hydrogen (secondary N) is 2. The number of para-hydroxylation sites is 1. The first-order chi connectivity index (χ1) is 17.4. The number of hydrogen-bond acceptors (Lipinski definition) is 5. The molecule has 0 heterocycles. The summed E-state index contributed by atoms with van der Waals surface area (Å²) < 4.78 is 14.1. The predicted octanol–water partition coefficient (Wildman–Crippen LogP) is 6.46. The van der Waals surface area contributed by atoms with Crippen LogP contribution in [0.15, 0.2) is 108 Å². The highest BCUT2D eigenvalue weighted by Gasteiger charge is 2.23. The minimum Gasteiger partial charge on any atom is -0.322 e. The standard InChI is InChI=1S/C27H20FN3O4S/c28-23-8-4-5-9-24(23)30-27(33)25(18-6-2-1-3-7-18)36-22-16-12-20(13-17-22)29-26(32)19-10-14-21(15-11-19)31(34)35/h1-17,25H,(H,29,32)(H,30,33). The number of benzene rings is 4. The molecular weight excluding hydrogens is 481 g/mol. The summed E-state index contributed by atoms with van der Waals surface area (Å²) in [7, 11) is 0. The van der Waals surface area contributed by atoms with Crippen LogP contribution < -0.4 is 10.6 Å². The summed E-state index contributed by atoms with van der Waals surface area (Å²) in [4.78, 5) is 36.6. The molecule has 0 fully saturated rings. The average molecular weight is 502 g/mol. The Hall–Kier alpha value is -4.50. The molecule has 0 saturated heterocycles. The van der Waals surface area contributed by atoms with Crippen LogP contribution in [0.3, 0.4) is 0 Å². The quantitative estimate of drug-likeness (QED) is 0.164. The van der Waals surface area contributed by atoms with Crippen LogP contribution in [0.25, 0.3) is 0 Å². The first-order valence-electron chi connectivity index (χ1n) is 10.8. The van der Waals surface area contributed by atoms with Crippen molar-refractivity contribution in [3.05, 3.63) is 130 Å². The third-order valence-electron chi connectivity index (χ3n) is 5.18. The second kappa shape index (κ2) is 11.3. The number of rotatable bonds is 8. The van der Waals surface area contributed by atoms with Crippen LogP contribution in [0.1, 0.15) is 21.2 Å². The number of halogens is 1. The molecule has 4 aromatic rings. The Morgan fingerprint density at radius 3 is 2.08 bits per heavy atom. The minimum absolute atomic E-state index is 0.0973. The second-order valence-corrected chi connectivity index (χ2v) is 8.84. The van der Waals surface area contributed by atoms with Gasteiger partial charge in [-0.3, -0.25) is 19.7 Å². The summed E-state index contributed by atoms with van der Waals surface area (Å²) in [5.41, 5.74) is 1.57. The van der Waals surface area contributed by atoms with Crippen molar-refractivity contribution in [2.24, 2.45) is 0 Å². The zero-order chi connectivity index (χ0) is 25.5. The number of thioether (sulfide) groups is 1. The van der Waals surface area contributed by atoms with E-state index in [-0.39, 0.29) is 22.8 Å². The van der Waals surface area contributed by atoms with Gasteiger partial charge in [0.25, 0.3) is 11.6 Å². The third-order valence-corrected chi connectivity index (χ3v) is 6.44. The lowest BCUT2D eigenvalue weighted by atomic mass is 10.1. The van der Waals surface area contributed by atoms with Gasteiger partial charge in [-0.25, -0.2) is 4.39 Å². The van der Waals surface area contributed by atoms with Crippen LogP contribution in [-0.2, 0) is 4.79 Å². The van der Waals surface area contributed by atoms with Gasteiger partial charge in [0.1, 0.15) is 11.1 Å². The number of carbonyl (C=O) groups excluding carboxylic acids is 2. The van der Waals surface area contributed by atoms with Gasteiger partial charge in [-0.2, -0.15) is 0 Å². The Kier molecular flexibility index (Phi) is 7.72. The molecule has 0 aliphatic carbocycles. The fraction of sp³-hybridized carbons (Fsp3) is 0.0370. The lowest BCUT2D eigenvalue weighted by Gasteiger charge is -2.17. The van der Waals surface area contributed by atoms with E-state index < -0.39 is 21.9 Å². The highest BCUT2D eigenvalue weighted by molar-refractivity contribution is 8.00. The van der Waals surface area contributed by atoms with Gasteiger partial charge in [-0.15, -0.1) is 11.8 Å². The van der Waals surface area contributed by atoms with Gasteiger partial charge in [-0.1, -0.05) is 42.5 Å².